The summed E-state index contributed by atoms with van der Waals surface area (Å²) in [4.78, 5) is 11.2. The molecule has 0 aliphatic carbocycles. The molecule has 0 heterocycles. The van der Waals surface area contributed by atoms with Gasteiger partial charge in [-0.25, -0.2) is 0 Å². The van der Waals surface area contributed by atoms with E-state index in [4.69, 9.17) is 0 Å². The molecule has 2 N–H and O–H groups in total. The lowest BCUT2D eigenvalue weighted by atomic mass is 10.1. The summed E-state index contributed by atoms with van der Waals surface area (Å²) in [6.07, 6.45) is 3.38. The molecule has 0 aromatic carbocycles. The monoisotopic (exact) mass is 198 g/mol. The molecule has 0 saturated heterocycles. The molecule has 3 heteroatoms. The van der Waals surface area contributed by atoms with Gasteiger partial charge in [-0.1, -0.05) is 19.9 Å². The Morgan fingerprint density at radius 2 is 2.14 bits per heavy atom. The van der Waals surface area contributed by atoms with Gasteiger partial charge in [0.05, 0.1) is 0 Å². The van der Waals surface area contributed by atoms with E-state index in [9.17, 15) is 4.79 Å². The summed E-state index contributed by atoms with van der Waals surface area (Å²) < 4.78 is 0. The largest absolute Gasteiger partial charge is 0.356 e. The number of carbonyl (C=O) groups is 1. The second-order valence-corrected chi connectivity index (χ2v) is 3.78. The normalized spacial score (nSPS) is 10.2. The van der Waals surface area contributed by atoms with Crippen molar-refractivity contribution in [3.8, 4) is 0 Å². The summed E-state index contributed by atoms with van der Waals surface area (Å²) in [7, 11) is 0. The molecule has 0 aliphatic rings. The van der Waals surface area contributed by atoms with Gasteiger partial charge in [0.2, 0.25) is 5.91 Å². The molecule has 0 aromatic heterocycles. The van der Waals surface area contributed by atoms with Gasteiger partial charge >= 0.3 is 0 Å². The third-order valence-corrected chi connectivity index (χ3v) is 1.86. The van der Waals surface area contributed by atoms with Crippen LogP contribution in [0.2, 0.25) is 0 Å². The molecule has 0 atom stereocenters. The van der Waals surface area contributed by atoms with Crippen LogP contribution in [0.4, 0.5) is 0 Å². The van der Waals surface area contributed by atoms with Gasteiger partial charge in [0, 0.05) is 26.1 Å². The minimum Gasteiger partial charge on any atom is -0.356 e. The highest BCUT2D eigenvalue weighted by Gasteiger charge is 2.00. The molecule has 0 saturated carbocycles. The van der Waals surface area contributed by atoms with Crippen molar-refractivity contribution in [2.45, 2.75) is 26.7 Å². The quantitative estimate of drug-likeness (QED) is 0.456. The lowest BCUT2D eigenvalue weighted by Gasteiger charge is -2.07. The van der Waals surface area contributed by atoms with E-state index < -0.39 is 0 Å². The fourth-order valence-corrected chi connectivity index (χ4v) is 0.995. The van der Waals surface area contributed by atoms with Gasteiger partial charge in [-0.2, -0.15) is 0 Å². The molecular weight excluding hydrogens is 176 g/mol. The van der Waals surface area contributed by atoms with Crippen LogP contribution in [0.15, 0.2) is 12.7 Å². The lowest BCUT2D eigenvalue weighted by Crippen LogP contribution is -2.28. The average molecular weight is 198 g/mol. The van der Waals surface area contributed by atoms with E-state index in [0.717, 1.165) is 26.1 Å². The van der Waals surface area contributed by atoms with Crippen molar-refractivity contribution in [3.63, 3.8) is 0 Å². The standard InChI is InChI=1S/C11H22N2O/c1-4-7-12-8-6-11(14)13-9-5-10(2)3/h4,10,12H,1,5-9H2,2-3H3,(H,13,14). The molecule has 3 nitrogen and oxygen atoms in total. The van der Waals surface area contributed by atoms with Crippen molar-refractivity contribution >= 4 is 5.91 Å². The fraction of sp³-hybridized carbons (Fsp3) is 0.727. The Hall–Kier alpha value is -0.830. The zero-order valence-electron chi connectivity index (χ0n) is 9.31. The molecule has 82 valence electrons. The number of amides is 1. The van der Waals surface area contributed by atoms with E-state index >= 15 is 0 Å². The average Bonchev–Trinajstić information content (AvgIpc) is 2.12. The first-order valence-electron chi connectivity index (χ1n) is 5.25. The maximum atomic E-state index is 11.2. The van der Waals surface area contributed by atoms with Gasteiger partial charge in [0.15, 0.2) is 0 Å². The van der Waals surface area contributed by atoms with Crippen molar-refractivity contribution in [1.29, 1.82) is 0 Å². The van der Waals surface area contributed by atoms with E-state index in [-0.39, 0.29) is 5.91 Å². The highest BCUT2D eigenvalue weighted by molar-refractivity contribution is 5.75. The molecular formula is C11H22N2O. The van der Waals surface area contributed by atoms with Crippen LogP contribution in [0.25, 0.3) is 0 Å². The van der Waals surface area contributed by atoms with Crippen LogP contribution >= 0.6 is 0 Å². The number of hydrogen-bond donors (Lipinski definition) is 2. The first kappa shape index (κ1) is 13.2. The first-order valence-corrected chi connectivity index (χ1v) is 5.25. The number of rotatable bonds is 8. The smallest absolute Gasteiger partial charge is 0.221 e. The van der Waals surface area contributed by atoms with Crippen molar-refractivity contribution < 1.29 is 4.79 Å². The molecule has 1 amide bonds. The predicted octanol–water partition coefficient (Wildman–Crippen LogP) is 1.31. The number of nitrogens with one attached hydrogen (secondary N) is 2. The van der Waals surface area contributed by atoms with Crippen LogP contribution in [0, 0.1) is 5.92 Å². The fourth-order valence-electron chi connectivity index (χ4n) is 0.995. The van der Waals surface area contributed by atoms with Gasteiger partial charge in [-0.05, 0) is 12.3 Å². The zero-order valence-corrected chi connectivity index (χ0v) is 9.31. The van der Waals surface area contributed by atoms with Gasteiger partial charge < -0.3 is 10.6 Å². The highest BCUT2D eigenvalue weighted by Crippen LogP contribution is 1.96. The van der Waals surface area contributed by atoms with Crippen LogP contribution in [0.3, 0.4) is 0 Å². The van der Waals surface area contributed by atoms with Gasteiger partial charge in [-0.3, -0.25) is 4.79 Å². The summed E-state index contributed by atoms with van der Waals surface area (Å²) in [6, 6.07) is 0. The van der Waals surface area contributed by atoms with Gasteiger partial charge in [-0.15, -0.1) is 6.58 Å². The van der Waals surface area contributed by atoms with E-state index in [0.29, 0.717) is 12.3 Å². The Kier molecular flexibility index (Phi) is 8.24. The Labute approximate surface area is 87.0 Å². The van der Waals surface area contributed by atoms with Crippen LogP contribution in [0.5, 0.6) is 0 Å². The maximum absolute atomic E-state index is 11.2. The minimum atomic E-state index is 0.127. The second-order valence-electron chi connectivity index (χ2n) is 3.78. The van der Waals surface area contributed by atoms with Gasteiger partial charge in [0.1, 0.15) is 0 Å². The summed E-state index contributed by atoms with van der Waals surface area (Å²) in [5.41, 5.74) is 0. The zero-order chi connectivity index (χ0) is 10.8. The molecule has 0 fully saturated rings. The Morgan fingerprint density at radius 3 is 2.71 bits per heavy atom. The third kappa shape index (κ3) is 9.26. The molecule has 0 radical (unpaired) electrons. The topological polar surface area (TPSA) is 41.1 Å². The highest BCUT2D eigenvalue weighted by atomic mass is 16.1. The van der Waals surface area contributed by atoms with E-state index in [1.165, 1.54) is 0 Å². The lowest BCUT2D eigenvalue weighted by molar-refractivity contribution is -0.121. The second kappa shape index (κ2) is 8.75. The first-order chi connectivity index (χ1) is 6.66. The van der Waals surface area contributed by atoms with E-state index in [2.05, 4.69) is 31.1 Å². The Balaban J connectivity index is 3.23. The summed E-state index contributed by atoms with van der Waals surface area (Å²) >= 11 is 0. The molecule has 0 aliphatic heterocycles. The van der Waals surface area contributed by atoms with Crippen LogP contribution in [0.1, 0.15) is 26.7 Å². The van der Waals surface area contributed by atoms with Crippen molar-refractivity contribution in [2.75, 3.05) is 19.6 Å². The number of carbonyl (C=O) groups excluding carboxylic acids is 1. The molecule has 0 unspecified atom stereocenters. The van der Waals surface area contributed by atoms with Crippen molar-refractivity contribution in [1.82, 2.24) is 10.6 Å². The Morgan fingerprint density at radius 1 is 1.43 bits per heavy atom. The van der Waals surface area contributed by atoms with Crippen LogP contribution in [-0.4, -0.2) is 25.5 Å². The summed E-state index contributed by atoms with van der Waals surface area (Å²) in [5.74, 6) is 0.774. The van der Waals surface area contributed by atoms with Crippen molar-refractivity contribution in [3.05, 3.63) is 12.7 Å². The summed E-state index contributed by atoms with van der Waals surface area (Å²) in [5, 5.41) is 5.97. The SMILES string of the molecule is C=CCNCCC(=O)NCCC(C)C. The Bertz CT molecular complexity index is 167. The van der Waals surface area contributed by atoms with E-state index in [1.54, 1.807) is 6.08 Å². The predicted molar refractivity (Wildman–Crippen MR) is 60.1 cm³/mol. The van der Waals surface area contributed by atoms with Crippen LogP contribution in [-0.2, 0) is 4.79 Å². The molecule has 0 spiro atoms. The number of hydrogen-bond acceptors (Lipinski definition) is 2. The third-order valence-electron chi connectivity index (χ3n) is 1.86. The summed E-state index contributed by atoms with van der Waals surface area (Å²) in [6.45, 7) is 10.2. The maximum Gasteiger partial charge on any atom is 0.221 e. The van der Waals surface area contributed by atoms with E-state index in [1.807, 2.05) is 0 Å². The molecule has 0 rings (SSSR count). The molecule has 14 heavy (non-hydrogen) atoms. The minimum absolute atomic E-state index is 0.127. The van der Waals surface area contributed by atoms with Crippen LogP contribution < -0.4 is 10.6 Å². The van der Waals surface area contributed by atoms with Gasteiger partial charge in [0.25, 0.3) is 0 Å². The van der Waals surface area contributed by atoms with Crippen molar-refractivity contribution in [2.24, 2.45) is 5.92 Å². The molecule has 0 aromatic rings. The molecule has 0 bridgehead atoms.